The predicted octanol–water partition coefficient (Wildman–Crippen LogP) is 2.65. The summed E-state index contributed by atoms with van der Waals surface area (Å²) in [5, 5.41) is 12.1. The average Bonchev–Trinajstić information content (AvgIpc) is 2.94. The number of carboxylic acid groups (broad SMARTS) is 1. The van der Waals surface area contributed by atoms with E-state index >= 15 is 0 Å². The number of amides is 2. The molecule has 2 N–H and O–H groups in total. The van der Waals surface area contributed by atoms with E-state index in [1.807, 2.05) is 12.1 Å². The maximum absolute atomic E-state index is 12.3. The van der Waals surface area contributed by atoms with Crippen LogP contribution in [0.3, 0.4) is 0 Å². The Kier molecular flexibility index (Phi) is 3.82. The van der Waals surface area contributed by atoms with Crippen LogP contribution in [-0.4, -0.2) is 34.6 Å². The summed E-state index contributed by atoms with van der Waals surface area (Å²) in [6, 6.07) is 4.97. The first-order chi connectivity index (χ1) is 10.1. The molecule has 21 heavy (non-hydrogen) atoms. The van der Waals surface area contributed by atoms with Crippen LogP contribution in [-0.2, 0) is 17.6 Å². The van der Waals surface area contributed by atoms with Crippen molar-refractivity contribution in [2.45, 2.75) is 44.6 Å². The standard InChI is InChI=1S/C16H20N2O3/c19-15(20)14-6-1-2-9-18(14)16(21)17-13-8-7-11-4-3-5-12(11)10-13/h7-8,10,14H,1-6,9H2,(H,17,21)(H,19,20). The summed E-state index contributed by atoms with van der Waals surface area (Å²) in [4.78, 5) is 25.0. The molecule has 3 rings (SSSR count). The zero-order chi connectivity index (χ0) is 14.8. The van der Waals surface area contributed by atoms with Gasteiger partial charge in [-0.2, -0.15) is 0 Å². The van der Waals surface area contributed by atoms with Crippen molar-refractivity contribution in [2.24, 2.45) is 0 Å². The molecule has 5 heteroatoms. The van der Waals surface area contributed by atoms with Gasteiger partial charge in [0.15, 0.2) is 0 Å². The molecule has 1 saturated heterocycles. The lowest BCUT2D eigenvalue weighted by molar-refractivity contribution is -0.143. The number of benzene rings is 1. The zero-order valence-electron chi connectivity index (χ0n) is 12.0. The first-order valence-electron chi connectivity index (χ1n) is 7.57. The van der Waals surface area contributed by atoms with E-state index in [4.69, 9.17) is 0 Å². The van der Waals surface area contributed by atoms with Gasteiger partial charge in [-0.15, -0.1) is 0 Å². The summed E-state index contributed by atoms with van der Waals surface area (Å²) >= 11 is 0. The highest BCUT2D eigenvalue weighted by molar-refractivity contribution is 5.92. The van der Waals surface area contributed by atoms with Crippen LogP contribution in [0.1, 0.15) is 36.8 Å². The van der Waals surface area contributed by atoms with Gasteiger partial charge in [0.25, 0.3) is 0 Å². The number of nitrogens with zero attached hydrogens (tertiary/aromatic N) is 1. The molecular formula is C16H20N2O3. The second-order valence-electron chi connectivity index (χ2n) is 5.81. The Morgan fingerprint density at radius 1 is 1.14 bits per heavy atom. The van der Waals surface area contributed by atoms with Gasteiger partial charge < -0.3 is 15.3 Å². The molecule has 1 unspecified atom stereocenters. The van der Waals surface area contributed by atoms with Gasteiger partial charge in [-0.25, -0.2) is 9.59 Å². The number of carboxylic acids is 1. The minimum Gasteiger partial charge on any atom is -0.480 e. The van der Waals surface area contributed by atoms with Gasteiger partial charge in [0.1, 0.15) is 6.04 Å². The Hall–Kier alpha value is -2.04. The number of carbonyl (C=O) groups excluding carboxylic acids is 1. The highest BCUT2D eigenvalue weighted by Gasteiger charge is 2.32. The molecule has 0 bridgehead atoms. The van der Waals surface area contributed by atoms with Gasteiger partial charge in [0.05, 0.1) is 0 Å². The second-order valence-corrected chi connectivity index (χ2v) is 5.81. The Morgan fingerprint density at radius 2 is 1.95 bits per heavy atom. The molecule has 1 aliphatic carbocycles. The molecule has 1 atom stereocenters. The minimum absolute atomic E-state index is 0.306. The van der Waals surface area contributed by atoms with E-state index in [2.05, 4.69) is 11.4 Å². The van der Waals surface area contributed by atoms with Crippen LogP contribution in [0.15, 0.2) is 18.2 Å². The number of carbonyl (C=O) groups is 2. The summed E-state index contributed by atoms with van der Waals surface area (Å²) < 4.78 is 0. The van der Waals surface area contributed by atoms with Crippen LogP contribution < -0.4 is 5.32 Å². The fourth-order valence-electron chi connectivity index (χ4n) is 3.28. The summed E-state index contributed by atoms with van der Waals surface area (Å²) in [6.07, 6.45) is 5.59. The number of hydrogen-bond donors (Lipinski definition) is 2. The van der Waals surface area contributed by atoms with E-state index in [0.29, 0.717) is 13.0 Å². The van der Waals surface area contributed by atoms with E-state index in [0.717, 1.165) is 31.4 Å². The topological polar surface area (TPSA) is 69.6 Å². The normalized spacial score (nSPS) is 21.0. The lowest BCUT2D eigenvalue weighted by atomic mass is 10.0. The summed E-state index contributed by atoms with van der Waals surface area (Å²) in [6.45, 7) is 0.508. The van der Waals surface area contributed by atoms with Crippen LogP contribution in [0.4, 0.5) is 10.5 Å². The van der Waals surface area contributed by atoms with E-state index < -0.39 is 12.0 Å². The predicted molar refractivity (Wildman–Crippen MR) is 79.5 cm³/mol. The molecule has 2 aliphatic rings. The van der Waals surface area contributed by atoms with Crippen molar-refractivity contribution in [3.8, 4) is 0 Å². The van der Waals surface area contributed by atoms with Gasteiger partial charge in [0.2, 0.25) is 0 Å². The summed E-state index contributed by atoms with van der Waals surface area (Å²) in [7, 11) is 0. The smallest absolute Gasteiger partial charge is 0.326 e. The molecule has 1 heterocycles. The maximum Gasteiger partial charge on any atom is 0.326 e. The van der Waals surface area contributed by atoms with E-state index in [9.17, 15) is 14.7 Å². The van der Waals surface area contributed by atoms with Crippen LogP contribution >= 0.6 is 0 Å². The number of urea groups is 1. The molecule has 1 aliphatic heterocycles. The van der Waals surface area contributed by atoms with Gasteiger partial charge in [-0.1, -0.05) is 6.07 Å². The zero-order valence-corrected chi connectivity index (χ0v) is 12.0. The lowest BCUT2D eigenvalue weighted by Crippen LogP contribution is -2.49. The van der Waals surface area contributed by atoms with Gasteiger partial charge in [0, 0.05) is 12.2 Å². The largest absolute Gasteiger partial charge is 0.480 e. The number of aryl methyl sites for hydroxylation is 2. The molecule has 2 amide bonds. The van der Waals surface area contributed by atoms with Crippen molar-refractivity contribution in [2.75, 3.05) is 11.9 Å². The Balaban J connectivity index is 1.71. The third-order valence-corrected chi connectivity index (χ3v) is 4.40. The Bertz CT molecular complexity index is 571. The molecular weight excluding hydrogens is 268 g/mol. The quantitative estimate of drug-likeness (QED) is 0.879. The van der Waals surface area contributed by atoms with Crippen molar-refractivity contribution in [3.05, 3.63) is 29.3 Å². The third-order valence-electron chi connectivity index (χ3n) is 4.40. The number of anilines is 1. The van der Waals surface area contributed by atoms with Crippen molar-refractivity contribution < 1.29 is 14.7 Å². The fourth-order valence-corrected chi connectivity index (χ4v) is 3.28. The maximum atomic E-state index is 12.3. The number of fused-ring (bicyclic) bond motifs is 1. The Morgan fingerprint density at radius 3 is 2.76 bits per heavy atom. The lowest BCUT2D eigenvalue weighted by Gasteiger charge is -2.32. The van der Waals surface area contributed by atoms with Gasteiger partial charge >= 0.3 is 12.0 Å². The van der Waals surface area contributed by atoms with Crippen molar-refractivity contribution in [1.29, 1.82) is 0 Å². The number of nitrogens with one attached hydrogen (secondary N) is 1. The number of hydrogen-bond acceptors (Lipinski definition) is 2. The van der Waals surface area contributed by atoms with Gasteiger partial charge in [-0.3, -0.25) is 0 Å². The fraction of sp³-hybridized carbons (Fsp3) is 0.500. The number of aliphatic carboxylic acids is 1. The summed E-state index contributed by atoms with van der Waals surface area (Å²) in [5.41, 5.74) is 3.41. The third kappa shape index (κ3) is 2.86. The number of piperidine rings is 1. The molecule has 5 nitrogen and oxygen atoms in total. The van der Waals surface area contributed by atoms with Crippen molar-refractivity contribution in [1.82, 2.24) is 4.90 Å². The number of likely N-dealkylation sites (tertiary alicyclic amines) is 1. The minimum atomic E-state index is -0.918. The molecule has 0 aromatic heterocycles. The SMILES string of the molecule is O=C(O)C1CCCCN1C(=O)Nc1ccc2c(c1)CCC2. The summed E-state index contributed by atoms with van der Waals surface area (Å²) in [5.74, 6) is -0.918. The van der Waals surface area contributed by atoms with E-state index in [-0.39, 0.29) is 6.03 Å². The first kappa shape index (κ1) is 13.9. The second kappa shape index (κ2) is 5.76. The average molecular weight is 288 g/mol. The van der Waals surface area contributed by atoms with Crippen LogP contribution in [0.2, 0.25) is 0 Å². The molecule has 1 aromatic carbocycles. The van der Waals surface area contributed by atoms with E-state index in [1.165, 1.54) is 22.4 Å². The van der Waals surface area contributed by atoms with Crippen LogP contribution in [0.5, 0.6) is 0 Å². The monoisotopic (exact) mass is 288 g/mol. The molecule has 1 aromatic rings. The molecule has 0 radical (unpaired) electrons. The molecule has 112 valence electrons. The van der Waals surface area contributed by atoms with Crippen LogP contribution in [0, 0.1) is 0 Å². The highest BCUT2D eigenvalue weighted by Crippen LogP contribution is 2.25. The first-order valence-corrected chi connectivity index (χ1v) is 7.57. The van der Waals surface area contributed by atoms with E-state index in [1.54, 1.807) is 0 Å². The molecule has 0 spiro atoms. The molecule has 1 fully saturated rings. The Labute approximate surface area is 123 Å². The highest BCUT2D eigenvalue weighted by atomic mass is 16.4. The van der Waals surface area contributed by atoms with Gasteiger partial charge in [-0.05, 0) is 61.8 Å². The number of rotatable bonds is 2. The van der Waals surface area contributed by atoms with Crippen LogP contribution in [0.25, 0.3) is 0 Å². The van der Waals surface area contributed by atoms with Crippen molar-refractivity contribution in [3.63, 3.8) is 0 Å². The molecule has 0 saturated carbocycles. The van der Waals surface area contributed by atoms with Crippen molar-refractivity contribution >= 4 is 17.7 Å².